The molecule has 4 heteroatoms. The van der Waals surface area contributed by atoms with Crippen molar-refractivity contribution in [2.45, 2.75) is 13.1 Å². The monoisotopic (exact) mass is 246 g/mol. The number of rotatable bonds is 2. The van der Waals surface area contributed by atoms with Crippen LogP contribution in [0, 0.1) is 0 Å². The zero-order chi connectivity index (χ0) is 10.0. The third-order valence-corrected chi connectivity index (χ3v) is 2.36. The van der Waals surface area contributed by atoms with Crippen molar-refractivity contribution < 1.29 is 14.3 Å². The van der Waals surface area contributed by atoms with Crippen molar-refractivity contribution in [3.63, 3.8) is 0 Å². The van der Waals surface area contributed by atoms with E-state index in [1.54, 1.807) is 0 Å². The second-order valence-electron chi connectivity index (χ2n) is 2.66. The van der Waals surface area contributed by atoms with Gasteiger partial charge in [0.15, 0.2) is 0 Å². The van der Waals surface area contributed by atoms with E-state index in [-0.39, 0.29) is 5.56 Å². The SMILES string of the molecule is CC(F)c1ccc(C(=O)O)cc1Br. The third-order valence-electron chi connectivity index (χ3n) is 1.68. The largest absolute Gasteiger partial charge is 0.478 e. The molecular formula is C9H8BrFO2. The molecule has 1 unspecified atom stereocenters. The van der Waals surface area contributed by atoms with Crippen molar-refractivity contribution in [1.82, 2.24) is 0 Å². The Morgan fingerprint density at radius 1 is 1.62 bits per heavy atom. The minimum atomic E-state index is -1.10. The molecule has 0 aromatic heterocycles. The van der Waals surface area contributed by atoms with Crippen LogP contribution in [0.2, 0.25) is 0 Å². The van der Waals surface area contributed by atoms with E-state index in [0.29, 0.717) is 10.0 Å². The Morgan fingerprint density at radius 2 is 2.23 bits per heavy atom. The first kappa shape index (κ1) is 10.2. The molecule has 1 N–H and O–H groups in total. The minimum Gasteiger partial charge on any atom is -0.478 e. The number of carboxylic acid groups (broad SMARTS) is 1. The van der Waals surface area contributed by atoms with Crippen LogP contribution in [0.5, 0.6) is 0 Å². The van der Waals surface area contributed by atoms with Gasteiger partial charge in [-0.15, -0.1) is 0 Å². The number of carboxylic acids is 1. The molecule has 2 nitrogen and oxygen atoms in total. The number of halogens is 2. The van der Waals surface area contributed by atoms with Gasteiger partial charge in [0.05, 0.1) is 5.56 Å². The molecule has 0 aliphatic carbocycles. The lowest BCUT2D eigenvalue weighted by molar-refractivity contribution is 0.0696. The van der Waals surface area contributed by atoms with Gasteiger partial charge in [0, 0.05) is 4.47 Å². The molecular weight excluding hydrogens is 239 g/mol. The van der Waals surface area contributed by atoms with Crippen LogP contribution >= 0.6 is 15.9 Å². The van der Waals surface area contributed by atoms with E-state index < -0.39 is 12.1 Å². The van der Waals surface area contributed by atoms with Gasteiger partial charge in [-0.2, -0.15) is 0 Å². The molecule has 1 aromatic carbocycles. The normalized spacial score (nSPS) is 12.5. The van der Waals surface area contributed by atoms with Gasteiger partial charge in [-0.1, -0.05) is 22.0 Å². The first-order valence-electron chi connectivity index (χ1n) is 3.69. The molecule has 1 aromatic rings. The predicted molar refractivity (Wildman–Crippen MR) is 50.6 cm³/mol. The molecule has 13 heavy (non-hydrogen) atoms. The Morgan fingerprint density at radius 3 is 2.62 bits per heavy atom. The maximum Gasteiger partial charge on any atom is 0.335 e. The summed E-state index contributed by atoms with van der Waals surface area (Å²) in [6.45, 7) is 1.40. The fourth-order valence-corrected chi connectivity index (χ4v) is 1.68. The zero-order valence-electron chi connectivity index (χ0n) is 6.92. The maximum atomic E-state index is 12.8. The van der Waals surface area contributed by atoms with Crippen molar-refractivity contribution in [1.29, 1.82) is 0 Å². The molecule has 0 aliphatic heterocycles. The van der Waals surface area contributed by atoms with Crippen molar-refractivity contribution in [2.75, 3.05) is 0 Å². The number of benzene rings is 1. The summed E-state index contributed by atoms with van der Waals surface area (Å²) >= 11 is 3.11. The molecule has 0 saturated carbocycles. The average Bonchev–Trinajstić information content (AvgIpc) is 2.03. The Bertz CT molecular complexity index is 336. The van der Waals surface area contributed by atoms with Crippen LogP contribution in [0.3, 0.4) is 0 Å². The molecule has 0 amide bonds. The topological polar surface area (TPSA) is 37.3 Å². The van der Waals surface area contributed by atoms with Gasteiger partial charge < -0.3 is 5.11 Å². The van der Waals surface area contributed by atoms with E-state index >= 15 is 0 Å². The molecule has 1 atom stereocenters. The Kier molecular flexibility index (Phi) is 3.03. The van der Waals surface area contributed by atoms with Crippen LogP contribution in [0.15, 0.2) is 22.7 Å². The lowest BCUT2D eigenvalue weighted by atomic mass is 10.1. The van der Waals surface area contributed by atoms with Crippen LogP contribution in [-0.4, -0.2) is 11.1 Å². The highest BCUT2D eigenvalue weighted by Gasteiger charge is 2.10. The average molecular weight is 247 g/mol. The van der Waals surface area contributed by atoms with E-state index in [9.17, 15) is 9.18 Å². The zero-order valence-corrected chi connectivity index (χ0v) is 8.51. The van der Waals surface area contributed by atoms with E-state index in [1.165, 1.54) is 25.1 Å². The Labute approximate surface area is 83.5 Å². The quantitative estimate of drug-likeness (QED) is 0.871. The second kappa shape index (κ2) is 3.87. The van der Waals surface area contributed by atoms with Gasteiger partial charge >= 0.3 is 5.97 Å². The summed E-state index contributed by atoms with van der Waals surface area (Å²) in [6, 6.07) is 4.25. The molecule has 0 spiro atoms. The fraction of sp³-hybridized carbons (Fsp3) is 0.222. The second-order valence-corrected chi connectivity index (χ2v) is 3.51. The van der Waals surface area contributed by atoms with Gasteiger partial charge in [-0.3, -0.25) is 0 Å². The molecule has 0 saturated heterocycles. The summed E-state index contributed by atoms with van der Waals surface area (Å²) in [5, 5.41) is 8.62. The van der Waals surface area contributed by atoms with Crippen molar-refractivity contribution in [3.8, 4) is 0 Å². The number of aromatic carboxylic acids is 1. The first-order chi connectivity index (χ1) is 6.02. The van der Waals surface area contributed by atoms with Crippen LogP contribution < -0.4 is 0 Å². The summed E-state index contributed by atoms with van der Waals surface area (Å²) in [5.41, 5.74) is 0.612. The van der Waals surface area contributed by atoms with Gasteiger partial charge in [0.25, 0.3) is 0 Å². The van der Waals surface area contributed by atoms with Crippen LogP contribution in [-0.2, 0) is 0 Å². The molecule has 1 rings (SSSR count). The third kappa shape index (κ3) is 2.28. The molecule has 0 heterocycles. The maximum absolute atomic E-state index is 12.8. The highest BCUT2D eigenvalue weighted by molar-refractivity contribution is 9.10. The number of hydrogen-bond donors (Lipinski definition) is 1. The standard InChI is InChI=1S/C9H8BrFO2/c1-5(11)7-3-2-6(9(12)13)4-8(7)10/h2-5H,1H3,(H,12,13). The Hall–Kier alpha value is -0.900. The fourth-order valence-electron chi connectivity index (χ4n) is 0.983. The molecule has 0 radical (unpaired) electrons. The summed E-state index contributed by atoms with van der Waals surface area (Å²) in [7, 11) is 0. The lowest BCUT2D eigenvalue weighted by Crippen LogP contribution is -1.97. The van der Waals surface area contributed by atoms with E-state index in [1.807, 2.05) is 0 Å². The predicted octanol–water partition coefficient (Wildman–Crippen LogP) is 3.18. The van der Waals surface area contributed by atoms with Gasteiger partial charge in [0.1, 0.15) is 6.17 Å². The molecule has 70 valence electrons. The smallest absolute Gasteiger partial charge is 0.335 e. The van der Waals surface area contributed by atoms with Crippen molar-refractivity contribution in [3.05, 3.63) is 33.8 Å². The van der Waals surface area contributed by atoms with Crippen molar-refractivity contribution >= 4 is 21.9 Å². The van der Waals surface area contributed by atoms with Crippen LogP contribution in [0.25, 0.3) is 0 Å². The number of alkyl halides is 1. The number of hydrogen-bond acceptors (Lipinski definition) is 1. The highest BCUT2D eigenvalue weighted by Crippen LogP contribution is 2.26. The van der Waals surface area contributed by atoms with E-state index in [0.717, 1.165) is 0 Å². The van der Waals surface area contributed by atoms with E-state index in [2.05, 4.69) is 15.9 Å². The van der Waals surface area contributed by atoms with Crippen LogP contribution in [0.4, 0.5) is 4.39 Å². The van der Waals surface area contributed by atoms with Gasteiger partial charge in [-0.25, -0.2) is 9.18 Å². The number of carbonyl (C=O) groups is 1. The summed E-state index contributed by atoms with van der Waals surface area (Å²) in [6.07, 6.45) is -1.10. The Balaban J connectivity index is 3.13. The molecule has 0 bridgehead atoms. The van der Waals surface area contributed by atoms with Gasteiger partial charge in [0.2, 0.25) is 0 Å². The lowest BCUT2D eigenvalue weighted by Gasteiger charge is -2.05. The first-order valence-corrected chi connectivity index (χ1v) is 4.48. The summed E-state index contributed by atoms with van der Waals surface area (Å²) < 4.78 is 13.3. The molecule has 0 aliphatic rings. The van der Waals surface area contributed by atoms with Crippen LogP contribution in [0.1, 0.15) is 29.0 Å². The molecule has 0 fully saturated rings. The van der Waals surface area contributed by atoms with Gasteiger partial charge in [-0.05, 0) is 24.6 Å². The van der Waals surface area contributed by atoms with E-state index in [4.69, 9.17) is 5.11 Å². The van der Waals surface area contributed by atoms with Crippen molar-refractivity contribution in [2.24, 2.45) is 0 Å². The summed E-state index contributed by atoms with van der Waals surface area (Å²) in [5.74, 6) is -1.02. The minimum absolute atomic E-state index is 0.149. The highest BCUT2D eigenvalue weighted by atomic mass is 79.9. The summed E-state index contributed by atoms with van der Waals surface area (Å²) in [4.78, 5) is 10.5.